The summed E-state index contributed by atoms with van der Waals surface area (Å²) in [6, 6.07) is 3.51. The number of rotatable bonds is 6. The Morgan fingerprint density at radius 1 is 1.41 bits per heavy atom. The Labute approximate surface area is 125 Å². The Morgan fingerprint density at radius 3 is 2.73 bits per heavy atom. The number of carbonyl (C=O) groups is 2. The van der Waals surface area contributed by atoms with Crippen LogP contribution >= 0.6 is 0 Å². The minimum absolute atomic E-state index is 0.0800. The maximum absolute atomic E-state index is 11.5. The van der Waals surface area contributed by atoms with Crippen molar-refractivity contribution >= 4 is 17.6 Å². The van der Waals surface area contributed by atoms with Crippen LogP contribution in [0.3, 0.4) is 0 Å². The zero-order valence-corrected chi connectivity index (χ0v) is 11.8. The van der Waals surface area contributed by atoms with Gasteiger partial charge in [-0.3, -0.25) is 20.2 Å². The molecule has 0 unspecified atom stereocenters. The van der Waals surface area contributed by atoms with Gasteiger partial charge in [0.1, 0.15) is 5.75 Å². The van der Waals surface area contributed by atoms with E-state index >= 15 is 0 Å². The fraction of sp³-hybridized carbons (Fsp3) is 0.385. The number of nitrogens with zero attached hydrogens (tertiary/aromatic N) is 1. The minimum atomic E-state index is -0.691. The summed E-state index contributed by atoms with van der Waals surface area (Å²) in [5.74, 6) is -0.473. The number of urea groups is 1. The molecule has 3 amide bonds. The number of ether oxygens (including phenoxy) is 2. The Balaban J connectivity index is 1.91. The van der Waals surface area contributed by atoms with Crippen molar-refractivity contribution in [3.8, 4) is 11.5 Å². The summed E-state index contributed by atoms with van der Waals surface area (Å²) in [7, 11) is 1.38. The number of benzene rings is 1. The molecular formula is C13H15N3O6. The Bertz CT molecular complexity index is 599. The molecule has 1 saturated carbocycles. The molecule has 0 bridgehead atoms. The first kappa shape index (κ1) is 15.5. The first-order valence-electron chi connectivity index (χ1n) is 6.55. The van der Waals surface area contributed by atoms with Gasteiger partial charge < -0.3 is 14.8 Å². The predicted octanol–water partition coefficient (Wildman–Crippen LogP) is 0.970. The van der Waals surface area contributed by atoms with E-state index in [1.165, 1.54) is 25.3 Å². The molecule has 9 heteroatoms. The summed E-state index contributed by atoms with van der Waals surface area (Å²) in [6.07, 6.45) is 1.80. The number of methoxy groups -OCH3 is 1. The van der Waals surface area contributed by atoms with Crippen molar-refractivity contribution in [1.29, 1.82) is 0 Å². The van der Waals surface area contributed by atoms with Crippen molar-refractivity contribution < 1.29 is 24.0 Å². The Hall–Kier alpha value is -2.84. The molecule has 9 nitrogen and oxygen atoms in total. The van der Waals surface area contributed by atoms with E-state index in [1.54, 1.807) is 0 Å². The summed E-state index contributed by atoms with van der Waals surface area (Å²) in [4.78, 5) is 33.2. The monoisotopic (exact) mass is 309 g/mol. The quantitative estimate of drug-likeness (QED) is 0.597. The summed E-state index contributed by atoms with van der Waals surface area (Å²) >= 11 is 0. The van der Waals surface area contributed by atoms with Gasteiger partial charge in [-0.05, 0) is 25.0 Å². The smallest absolute Gasteiger partial charge is 0.321 e. The molecule has 0 heterocycles. The molecule has 1 fully saturated rings. The lowest BCUT2D eigenvalue weighted by Gasteiger charge is -2.08. The molecule has 1 aromatic rings. The number of nitrogens with one attached hydrogen (secondary N) is 2. The standard InChI is InChI=1S/C13H15N3O6/c1-21-9-4-5-11(10(6-9)16(19)20)22-7-12(17)15-13(18)14-8-2-3-8/h4-6,8H,2-3,7H2,1H3,(H2,14,15,17,18). The minimum Gasteiger partial charge on any atom is -0.496 e. The van der Waals surface area contributed by atoms with Crippen molar-refractivity contribution in [2.24, 2.45) is 0 Å². The van der Waals surface area contributed by atoms with Crippen LogP contribution in [0.5, 0.6) is 11.5 Å². The van der Waals surface area contributed by atoms with Gasteiger partial charge in [-0.25, -0.2) is 4.79 Å². The van der Waals surface area contributed by atoms with Crippen LogP contribution in [0.15, 0.2) is 18.2 Å². The summed E-state index contributed by atoms with van der Waals surface area (Å²) in [5.41, 5.74) is -0.324. The normalized spacial score (nSPS) is 13.1. The van der Waals surface area contributed by atoms with Gasteiger partial charge in [0, 0.05) is 6.04 Å². The molecule has 0 spiro atoms. The number of amides is 3. The molecule has 118 valence electrons. The van der Waals surface area contributed by atoms with Gasteiger partial charge in [-0.15, -0.1) is 0 Å². The molecule has 0 aromatic heterocycles. The van der Waals surface area contributed by atoms with Gasteiger partial charge in [0.25, 0.3) is 5.91 Å². The summed E-state index contributed by atoms with van der Waals surface area (Å²) in [5, 5.41) is 15.6. The molecule has 2 N–H and O–H groups in total. The number of nitro benzene ring substituents is 1. The molecule has 0 atom stereocenters. The Morgan fingerprint density at radius 2 is 2.14 bits per heavy atom. The molecule has 1 aliphatic rings. The summed E-state index contributed by atoms with van der Waals surface area (Å²) < 4.78 is 9.98. The molecular weight excluding hydrogens is 294 g/mol. The number of hydrogen-bond donors (Lipinski definition) is 2. The fourth-order valence-electron chi connectivity index (χ4n) is 1.64. The lowest BCUT2D eigenvalue weighted by Crippen LogP contribution is -2.42. The van der Waals surface area contributed by atoms with Gasteiger partial charge in [-0.1, -0.05) is 0 Å². The molecule has 0 saturated heterocycles. The van der Waals surface area contributed by atoms with Crippen LogP contribution in [0.2, 0.25) is 0 Å². The van der Waals surface area contributed by atoms with Crippen LogP contribution in [0.25, 0.3) is 0 Å². The highest BCUT2D eigenvalue weighted by molar-refractivity contribution is 5.95. The number of imide groups is 1. The SMILES string of the molecule is COc1ccc(OCC(=O)NC(=O)NC2CC2)c([N+](=O)[O-])c1. The fourth-order valence-corrected chi connectivity index (χ4v) is 1.64. The van der Waals surface area contributed by atoms with Crippen LogP contribution in [0, 0.1) is 10.1 Å². The third kappa shape index (κ3) is 4.33. The van der Waals surface area contributed by atoms with Crippen molar-refractivity contribution in [3.63, 3.8) is 0 Å². The highest BCUT2D eigenvalue weighted by atomic mass is 16.6. The molecule has 0 aliphatic heterocycles. The van der Waals surface area contributed by atoms with Crippen molar-refractivity contribution in [1.82, 2.24) is 10.6 Å². The molecule has 1 aliphatic carbocycles. The largest absolute Gasteiger partial charge is 0.496 e. The van der Waals surface area contributed by atoms with Gasteiger partial charge in [0.15, 0.2) is 12.4 Å². The van der Waals surface area contributed by atoms with E-state index in [2.05, 4.69) is 10.6 Å². The zero-order chi connectivity index (χ0) is 16.1. The van der Waals surface area contributed by atoms with Crippen LogP contribution in [0.4, 0.5) is 10.5 Å². The van der Waals surface area contributed by atoms with E-state index in [9.17, 15) is 19.7 Å². The van der Waals surface area contributed by atoms with Crippen LogP contribution < -0.4 is 20.1 Å². The second-order valence-corrected chi connectivity index (χ2v) is 4.68. The Kier molecular flexibility index (Phi) is 4.77. The van der Waals surface area contributed by atoms with E-state index in [1.807, 2.05) is 0 Å². The molecule has 0 radical (unpaired) electrons. The molecule has 2 rings (SSSR count). The van der Waals surface area contributed by atoms with E-state index in [0.29, 0.717) is 5.75 Å². The van der Waals surface area contributed by atoms with E-state index in [0.717, 1.165) is 12.8 Å². The lowest BCUT2D eigenvalue weighted by atomic mass is 10.3. The first-order valence-corrected chi connectivity index (χ1v) is 6.55. The van der Waals surface area contributed by atoms with Gasteiger partial charge in [0.2, 0.25) is 0 Å². The number of carbonyl (C=O) groups excluding carboxylic acids is 2. The van der Waals surface area contributed by atoms with E-state index in [4.69, 9.17) is 9.47 Å². The summed E-state index contributed by atoms with van der Waals surface area (Å²) in [6.45, 7) is -0.509. The highest BCUT2D eigenvalue weighted by Crippen LogP contribution is 2.30. The maximum atomic E-state index is 11.5. The molecule has 22 heavy (non-hydrogen) atoms. The van der Waals surface area contributed by atoms with Crippen molar-refractivity contribution in [2.75, 3.05) is 13.7 Å². The highest BCUT2D eigenvalue weighted by Gasteiger charge is 2.24. The first-order chi connectivity index (χ1) is 10.5. The lowest BCUT2D eigenvalue weighted by molar-refractivity contribution is -0.385. The van der Waals surface area contributed by atoms with Gasteiger partial charge in [-0.2, -0.15) is 0 Å². The third-order valence-corrected chi connectivity index (χ3v) is 2.89. The zero-order valence-electron chi connectivity index (χ0n) is 11.8. The predicted molar refractivity (Wildman–Crippen MR) is 74.8 cm³/mol. The van der Waals surface area contributed by atoms with Gasteiger partial charge >= 0.3 is 11.7 Å². The maximum Gasteiger partial charge on any atom is 0.321 e. The van der Waals surface area contributed by atoms with Crippen LogP contribution in [-0.2, 0) is 4.79 Å². The average Bonchev–Trinajstić information content (AvgIpc) is 3.28. The van der Waals surface area contributed by atoms with Crippen molar-refractivity contribution in [3.05, 3.63) is 28.3 Å². The number of hydrogen-bond acceptors (Lipinski definition) is 6. The average molecular weight is 309 g/mol. The van der Waals surface area contributed by atoms with E-state index in [-0.39, 0.29) is 17.5 Å². The van der Waals surface area contributed by atoms with E-state index < -0.39 is 23.5 Å². The van der Waals surface area contributed by atoms with Crippen LogP contribution in [-0.4, -0.2) is 36.6 Å². The topological polar surface area (TPSA) is 120 Å². The van der Waals surface area contributed by atoms with Crippen LogP contribution in [0.1, 0.15) is 12.8 Å². The van der Waals surface area contributed by atoms with Crippen molar-refractivity contribution in [2.45, 2.75) is 18.9 Å². The second-order valence-electron chi connectivity index (χ2n) is 4.68. The number of nitro groups is 1. The molecule has 1 aromatic carbocycles. The van der Waals surface area contributed by atoms with Gasteiger partial charge in [0.05, 0.1) is 18.1 Å². The third-order valence-electron chi connectivity index (χ3n) is 2.89. The second kappa shape index (κ2) is 6.74.